The van der Waals surface area contributed by atoms with Gasteiger partial charge in [-0.2, -0.15) is 0 Å². The number of carbonyl (C=O) groups excluding carboxylic acids is 1. The van der Waals surface area contributed by atoms with Gasteiger partial charge >= 0.3 is 0 Å². The Balaban J connectivity index is 2.70. The molecule has 0 unspecified atom stereocenters. The van der Waals surface area contributed by atoms with E-state index in [-0.39, 0.29) is 12.5 Å². The van der Waals surface area contributed by atoms with Crippen molar-refractivity contribution in [3.8, 4) is 5.75 Å². The molecule has 0 saturated heterocycles. The summed E-state index contributed by atoms with van der Waals surface area (Å²) in [4.78, 5) is 11.0. The molecular formula is C10H15N3O2. The summed E-state index contributed by atoms with van der Waals surface area (Å²) >= 11 is 0. The number of ether oxygens (including phenoxy) is 1. The molecule has 4 N–H and O–H groups in total. The first kappa shape index (κ1) is 11.2. The number of rotatable bonds is 4. The van der Waals surface area contributed by atoms with Gasteiger partial charge in [0.1, 0.15) is 5.75 Å². The summed E-state index contributed by atoms with van der Waals surface area (Å²) in [6, 6.07) is 5.24. The number of nitrogen functional groups attached to an aromatic ring is 1. The van der Waals surface area contributed by atoms with Gasteiger partial charge in [0.2, 0.25) is 5.91 Å². The average Bonchev–Trinajstić information content (AvgIpc) is 2.27. The normalized spacial score (nSPS) is 9.47. The van der Waals surface area contributed by atoms with Gasteiger partial charge in [-0.25, -0.2) is 0 Å². The fraction of sp³-hybridized carbons (Fsp3) is 0.300. The number of methoxy groups -OCH3 is 1. The summed E-state index contributed by atoms with van der Waals surface area (Å²) in [5.74, 6) is 0.598. The SMILES string of the molecule is CNC(=O)CNc1cc(OC)ccc1N. The van der Waals surface area contributed by atoms with E-state index in [1.807, 2.05) is 0 Å². The molecular weight excluding hydrogens is 194 g/mol. The van der Waals surface area contributed by atoms with E-state index in [0.29, 0.717) is 17.1 Å². The Kier molecular flexibility index (Phi) is 3.79. The Labute approximate surface area is 88.6 Å². The highest BCUT2D eigenvalue weighted by Crippen LogP contribution is 2.23. The van der Waals surface area contributed by atoms with Crippen molar-refractivity contribution in [1.82, 2.24) is 5.32 Å². The van der Waals surface area contributed by atoms with Crippen molar-refractivity contribution >= 4 is 17.3 Å². The molecule has 0 atom stereocenters. The first-order chi connectivity index (χ1) is 7.17. The van der Waals surface area contributed by atoms with E-state index < -0.39 is 0 Å². The molecule has 0 aliphatic rings. The van der Waals surface area contributed by atoms with Crippen LogP contribution >= 0.6 is 0 Å². The first-order valence-corrected chi connectivity index (χ1v) is 4.55. The number of hydrogen-bond acceptors (Lipinski definition) is 4. The van der Waals surface area contributed by atoms with E-state index in [9.17, 15) is 4.79 Å². The van der Waals surface area contributed by atoms with Crippen molar-refractivity contribution in [3.05, 3.63) is 18.2 Å². The summed E-state index contributed by atoms with van der Waals surface area (Å²) < 4.78 is 5.05. The molecule has 0 aliphatic carbocycles. The number of anilines is 2. The molecule has 0 radical (unpaired) electrons. The van der Waals surface area contributed by atoms with Crippen molar-refractivity contribution in [3.63, 3.8) is 0 Å². The van der Waals surface area contributed by atoms with Gasteiger partial charge in [0, 0.05) is 13.1 Å². The minimum absolute atomic E-state index is 0.0998. The number of amides is 1. The predicted molar refractivity (Wildman–Crippen MR) is 60.0 cm³/mol. The number of hydrogen-bond donors (Lipinski definition) is 3. The van der Waals surface area contributed by atoms with Crippen LogP contribution in [-0.2, 0) is 4.79 Å². The second-order valence-electron chi connectivity index (χ2n) is 2.98. The maximum Gasteiger partial charge on any atom is 0.239 e. The van der Waals surface area contributed by atoms with E-state index in [0.717, 1.165) is 0 Å². The van der Waals surface area contributed by atoms with E-state index in [1.165, 1.54) is 0 Å². The second kappa shape index (κ2) is 5.09. The smallest absolute Gasteiger partial charge is 0.239 e. The summed E-state index contributed by atoms with van der Waals surface area (Å²) in [5, 5.41) is 5.43. The molecule has 0 fully saturated rings. The van der Waals surface area contributed by atoms with Gasteiger partial charge in [0.25, 0.3) is 0 Å². The van der Waals surface area contributed by atoms with Crippen LogP contribution in [-0.4, -0.2) is 26.6 Å². The summed E-state index contributed by atoms with van der Waals surface area (Å²) in [6.45, 7) is 0.188. The van der Waals surface area contributed by atoms with Gasteiger partial charge in [-0.05, 0) is 12.1 Å². The molecule has 82 valence electrons. The van der Waals surface area contributed by atoms with Gasteiger partial charge in [-0.1, -0.05) is 0 Å². The van der Waals surface area contributed by atoms with Crippen LogP contribution in [0.5, 0.6) is 5.75 Å². The fourth-order valence-electron chi connectivity index (χ4n) is 1.08. The van der Waals surface area contributed by atoms with Crippen LogP contribution in [0.2, 0.25) is 0 Å². The number of benzene rings is 1. The van der Waals surface area contributed by atoms with Crippen LogP contribution < -0.4 is 21.1 Å². The van der Waals surface area contributed by atoms with Gasteiger partial charge in [-0.3, -0.25) is 4.79 Å². The number of likely N-dealkylation sites (N-methyl/N-ethyl adjacent to an activating group) is 1. The number of nitrogens with two attached hydrogens (primary N) is 1. The minimum Gasteiger partial charge on any atom is -0.497 e. The van der Waals surface area contributed by atoms with Gasteiger partial charge < -0.3 is 21.1 Å². The van der Waals surface area contributed by atoms with E-state index in [4.69, 9.17) is 10.5 Å². The molecule has 0 heterocycles. The Bertz CT molecular complexity index is 353. The largest absolute Gasteiger partial charge is 0.497 e. The molecule has 0 aliphatic heterocycles. The zero-order valence-electron chi connectivity index (χ0n) is 8.83. The number of nitrogens with one attached hydrogen (secondary N) is 2. The Morgan fingerprint density at radius 2 is 2.27 bits per heavy atom. The molecule has 0 bridgehead atoms. The molecule has 0 saturated carbocycles. The maximum atomic E-state index is 11.0. The van der Waals surface area contributed by atoms with Crippen LogP contribution in [0.4, 0.5) is 11.4 Å². The topological polar surface area (TPSA) is 76.4 Å². The summed E-state index contributed by atoms with van der Waals surface area (Å²) in [6.07, 6.45) is 0. The lowest BCUT2D eigenvalue weighted by Crippen LogP contribution is -2.26. The predicted octanol–water partition coefficient (Wildman–Crippen LogP) is 0.435. The number of carbonyl (C=O) groups is 1. The Morgan fingerprint density at radius 3 is 2.87 bits per heavy atom. The molecule has 5 heteroatoms. The van der Waals surface area contributed by atoms with Crippen molar-refractivity contribution in [1.29, 1.82) is 0 Å². The second-order valence-corrected chi connectivity index (χ2v) is 2.98. The average molecular weight is 209 g/mol. The lowest BCUT2D eigenvalue weighted by atomic mass is 10.2. The van der Waals surface area contributed by atoms with Crippen LogP contribution in [0.3, 0.4) is 0 Å². The molecule has 1 aromatic carbocycles. The highest BCUT2D eigenvalue weighted by atomic mass is 16.5. The van der Waals surface area contributed by atoms with Crippen LogP contribution in [0.1, 0.15) is 0 Å². The lowest BCUT2D eigenvalue weighted by molar-refractivity contribution is -0.118. The monoisotopic (exact) mass is 209 g/mol. The quantitative estimate of drug-likeness (QED) is 0.629. The highest BCUT2D eigenvalue weighted by molar-refractivity contribution is 5.82. The van der Waals surface area contributed by atoms with E-state index >= 15 is 0 Å². The van der Waals surface area contributed by atoms with Crippen LogP contribution in [0.15, 0.2) is 18.2 Å². The minimum atomic E-state index is -0.0998. The van der Waals surface area contributed by atoms with E-state index in [2.05, 4.69) is 10.6 Å². The Morgan fingerprint density at radius 1 is 1.53 bits per heavy atom. The standard InChI is InChI=1S/C10H15N3O2/c1-12-10(14)6-13-9-5-7(15-2)3-4-8(9)11/h3-5,13H,6,11H2,1-2H3,(H,12,14). The zero-order valence-corrected chi connectivity index (χ0v) is 8.83. The molecule has 5 nitrogen and oxygen atoms in total. The lowest BCUT2D eigenvalue weighted by Gasteiger charge is -2.10. The third kappa shape index (κ3) is 3.05. The van der Waals surface area contributed by atoms with Crippen molar-refractivity contribution in [2.75, 3.05) is 31.8 Å². The first-order valence-electron chi connectivity index (χ1n) is 4.55. The van der Waals surface area contributed by atoms with Crippen molar-refractivity contribution in [2.24, 2.45) is 0 Å². The Hall–Kier alpha value is -1.91. The fourth-order valence-corrected chi connectivity index (χ4v) is 1.08. The molecule has 15 heavy (non-hydrogen) atoms. The maximum absolute atomic E-state index is 11.0. The van der Waals surface area contributed by atoms with Gasteiger partial charge in [0.15, 0.2) is 0 Å². The summed E-state index contributed by atoms with van der Waals surface area (Å²) in [7, 11) is 3.16. The third-order valence-electron chi connectivity index (χ3n) is 1.98. The molecule has 1 aromatic rings. The van der Waals surface area contributed by atoms with Crippen LogP contribution in [0.25, 0.3) is 0 Å². The van der Waals surface area contributed by atoms with Crippen molar-refractivity contribution in [2.45, 2.75) is 0 Å². The van der Waals surface area contributed by atoms with Gasteiger partial charge in [-0.15, -0.1) is 0 Å². The summed E-state index contributed by atoms with van der Waals surface area (Å²) in [5.41, 5.74) is 7.00. The molecule has 0 spiro atoms. The molecule has 1 rings (SSSR count). The highest BCUT2D eigenvalue weighted by Gasteiger charge is 2.03. The molecule has 1 amide bonds. The van der Waals surface area contributed by atoms with Crippen molar-refractivity contribution < 1.29 is 9.53 Å². The van der Waals surface area contributed by atoms with Crippen LogP contribution in [0, 0.1) is 0 Å². The molecule has 0 aromatic heterocycles. The third-order valence-corrected chi connectivity index (χ3v) is 1.98. The zero-order chi connectivity index (χ0) is 11.3. The van der Waals surface area contributed by atoms with E-state index in [1.54, 1.807) is 32.4 Å². The van der Waals surface area contributed by atoms with Gasteiger partial charge in [0.05, 0.1) is 25.0 Å².